The van der Waals surface area contributed by atoms with Crippen LogP contribution in [-0.2, 0) is 0 Å². The molecule has 0 amide bonds. The number of hydrogen-bond donors (Lipinski definition) is 0. The maximum absolute atomic E-state index is 5.26. The second-order valence-electron chi connectivity index (χ2n) is 12.7. The van der Waals surface area contributed by atoms with Gasteiger partial charge in [0.15, 0.2) is 0 Å². The van der Waals surface area contributed by atoms with E-state index in [4.69, 9.17) is 9.98 Å². The average molecular weight is 557 g/mol. The second kappa shape index (κ2) is 10.9. The van der Waals surface area contributed by atoms with Crippen LogP contribution in [-0.4, -0.2) is 17.2 Å². The van der Waals surface area contributed by atoms with Gasteiger partial charge < -0.3 is 0 Å². The van der Waals surface area contributed by atoms with Crippen molar-refractivity contribution in [2.24, 2.45) is 28.7 Å². The summed E-state index contributed by atoms with van der Waals surface area (Å²) in [5.74, 6) is 2.46. The smallest absolute Gasteiger partial charge is 0.0721 e. The van der Waals surface area contributed by atoms with Crippen LogP contribution < -0.4 is 0 Å². The van der Waals surface area contributed by atoms with Gasteiger partial charge in [0.05, 0.1) is 17.3 Å². The number of benzene rings is 4. The van der Waals surface area contributed by atoms with Crippen LogP contribution in [0.3, 0.4) is 0 Å². The fourth-order valence-corrected chi connectivity index (χ4v) is 7.73. The summed E-state index contributed by atoms with van der Waals surface area (Å²) in [4.78, 5) is 10.2. The highest BCUT2D eigenvalue weighted by Gasteiger charge is 2.39. The zero-order chi connectivity index (χ0) is 28.8. The number of pyridine rings is 1. The van der Waals surface area contributed by atoms with Crippen molar-refractivity contribution in [1.82, 2.24) is 4.98 Å². The zero-order valence-corrected chi connectivity index (χ0v) is 24.6. The molecule has 0 N–H and O–H groups in total. The zero-order valence-electron chi connectivity index (χ0n) is 24.6. The van der Waals surface area contributed by atoms with Crippen LogP contribution in [0.1, 0.15) is 31.7 Å². The molecule has 1 saturated carbocycles. The van der Waals surface area contributed by atoms with E-state index >= 15 is 0 Å². The van der Waals surface area contributed by atoms with Gasteiger partial charge in [-0.25, -0.2) is 4.98 Å². The minimum absolute atomic E-state index is 0.420. The van der Waals surface area contributed by atoms with Gasteiger partial charge in [0.1, 0.15) is 0 Å². The van der Waals surface area contributed by atoms with Crippen LogP contribution in [0.15, 0.2) is 132 Å². The molecule has 0 spiro atoms. The molecule has 2 nitrogen and oxygen atoms in total. The molecule has 210 valence electrons. The summed E-state index contributed by atoms with van der Waals surface area (Å²) in [7, 11) is 0. The molecule has 2 aliphatic carbocycles. The van der Waals surface area contributed by atoms with Crippen LogP contribution in [0.2, 0.25) is 0 Å². The van der Waals surface area contributed by atoms with Gasteiger partial charge in [-0.05, 0) is 94.3 Å². The van der Waals surface area contributed by atoms with Crippen LogP contribution >= 0.6 is 0 Å². The first-order valence-corrected chi connectivity index (χ1v) is 15.8. The van der Waals surface area contributed by atoms with Crippen LogP contribution in [0.4, 0.5) is 0 Å². The van der Waals surface area contributed by atoms with Gasteiger partial charge in [-0.3, -0.25) is 4.99 Å². The van der Waals surface area contributed by atoms with Crippen LogP contribution in [0.25, 0.3) is 49.6 Å². The molecule has 1 fully saturated rings. The molecule has 43 heavy (non-hydrogen) atoms. The fourth-order valence-electron chi connectivity index (χ4n) is 7.73. The van der Waals surface area contributed by atoms with E-state index in [-0.39, 0.29) is 0 Å². The van der Waals surface area contributed by atoms with E-state index in [0.717, 1.165) is 29.1 Å². The quantitative estimate of drug-likeness (QED) is 0.216. The van der Waals surface area contributed by atoms with E-state index in [0.29, 0.717) is 23.8 Å². The summed E-state index contributed by atoms with van der Waals surface area (Å²) >= 11 is 0. The predicted molar refractivity (Wildman–Crippen MR) is 182 cm³/mol. The monoisotopic (exact) mass is 556 g/mol. The molecule has 1 aromatic heterocycles. The molecule has 8 rings (SSSR count). The Balaban J connectivity index is 1.20. The van der Waals surface area contributed by atoms with Gasteiger partial charge in [0.25, 0.3) is 0 Å². The Bertz CT molecular complexity index is 1940. The summed E-state index contributed by atoms with van der Waals surface area (Å²) in [6.45, 7) is 2.42. The van der Waals surface area contributed by atoms with Crippen molar-refractivity contribution < 1.29 is 0 Å². The third kappa shape index (κ3) is 4.95. The van der Waals surface area contributed by atoms with Crippen LogP contribution in [0, 0.1) is 23.7 Å². The second-order valence-corrected chi connectivity index (χ2v) is 12.7. The maximum Gasteiger partial charge on any atom is 0.0721 e. The number of dihydropyridines is 1. The van der Waals surface area contributed by atoms with Crippen molar-refractivity contribution >= 4 is 33.5 Å². The first-order valence-electron chi connectivity index (χ1n) is 15.8. The largest absolute Gasteiger partial charge is 0.289 e. The van der Waals surface area contributed by atoms with Gasteiger partial charge in [0.2, 0.25) is 0 Å². The number of aliphatic imine (C=N–C) groups is 1. The van der Waals surface area contributed by atoms with Crippen molar-refractivity contribution in [3.05, 3.63) is 133 Å². The van der Waals surface area contributed by atoms with E-state index in [1.807, 2.05) is 6.21 Å². The van der Waals surface area contributed by atoms with Gasteiger partial charge in [-0.15, -0.1) is 0 Å². The van der Waals surface area contributed by atoms with E-state index in [1.54, 1.807) is 0 Å². The van der Waals surface area contributed by atoms with E-state index in [9.17, 15) is 0 Å². The number of nitrogens with zero attached hydrogens (tertiary/aromatic N) is 2. The number of allylic oxidation sites excluding steroid dienone is 5. The van der Waals surface area contributed by atoms with Crippen molar-refractivity contribution in [3.63, 3.8) is 0 Å². The van der Waals surface area contributed by atoms with Crippen molar-refractivity contribution in [2.75, 3.05) is 0 Å². The Labute approximate surface area is 254 Å². The molecule has 0 bridgehead atoms. The summed E-state index contributed by atoms with van der Waals surface area (Å²) in [5, 5.41) is 3.69. The first kappa shape index (κ1) is 26.1. The minimum atomic E-state index is 0.420. The van der Waals surface area contributed by atoms with Crippen molar-refractivity contribution in [1.29, 1.82) is 0 Å². The normalized spacial score (nSPS) is 24.7. The van der Waals surface area contributed by atoms with Gasteiger partial charge in [-0.1, -0.05) is 110 Å². The van der Waals surface area contributed by atoms with Gasteiger partial charge >= 0.3 is 0 Å². The van der Waals surface area contributed by atoms with Gasteiger partial charge in [0, 0.05) is 23.1 Å². The van der Waals surface area contributed by atoms with Crippen molar-refractivity contribution in [2.45, 2.75) is 32.2 Å². The molecule has 5 atom stereocenters. The van der Waals surface area contributed by atoms with E-state index < -0.39 is 0 Å². The lowest BCUT2D eigenvalue weighted by Gasteiger charge is -2.42. The highest BCUT2D eigenvalue weighted by atomic mass is 14.8. The third-order valence-electron chi connectivity index (χ3n) is 9.89. The summed E-state index contributed by atoms with van der Waals surface area (Å²) in [6.07, 6.45) is 17.5. The summed E-state index contributed by atoms with van der Waals surface area (Å²) in [6, 6.07) is 35.4. The Morgan fingerprint density at radius 3 is 2.40 bits per heavy atom. The number of rotatable bonds is 4. The summed E-state index contributed by atoms with van der Waals surface area (Å²) in [5.41, 5.74) is 8.16. The molecule has 4 aromatic carbocycles. The first-order chi connectivity index (χ1) is 21.2. The Hall–Kier alpha value is -4.56. The van der Waals surface area contributed by atoms with Crippen molar-refractivity contribution in [3.8, 4) is 22.4 Å². The third-order valence-corrected chi connectivity index (χ3v) is 9.89. The lowest BCUT2D eigenvalue weighted by molar-refractivity contribution is 0.162. The Morgan fingerprint density at radius 2 is 1.53 bits per heavy atom. The van der Waals surface area contributed by atoms with Crippen LogP contribution in [0.5, 0.6) is 0 Å². The average Bonchev–Trinajstić information content (AvgIpc) is 3.07. The van der Waals surface area contributed by atoms with E-state index in [1.165, 1.54) is 51.3 Å². The number of fused-ring (bicyclic) bond motifs is 3. The standard InChI is InChI=1S/C41H36N2/c1-27-22-35-12-7-21-42-41(35)38(23-27)31-16-14-30(15-17-31)37-26-39(34-18-13-29-10-5-6-11-32(29)24-34)43-40-25-33(19-20-36(37)40)28-8-3-2-4-9-28/h2-16,18-21,24-27,31,35,38,41H,17,22-23H2,1H3. The van der Waals surface area contributed by atoms with Gasteiger partial charge in [-0.2, -0.15) is 0 Å². The molecular weight excluding hydrogens is 520 g/mol. The molecule has 3 aliphatic rings. The maximum atomic E-state index is 5.26. The number of hydrogen-bond acceptors (Lipinski definition) is 2. The molecule has 2 heterocycles. The summed E-state index contributed by atoms with van der Waals surface area (Å²) < 4.78 is 0. The molecule has 5 aromatic rings. The fraction of sp³-hybridized carbons (Fsp3) is 0.220. The minimum Gasteiger partial charge on any atom is -0.289 e. The molecular formula is C41H36N2. The number of aromatic nitrogens is 1. The molecule has 5 unspecified atom stereocenters. The topological polar surface area (TPSA) is 25.2 Å². The lowest BCUT2D eigenvalue weighted by atomic mass is 9.66. The molecule has 2 heteroatoms. The lowest BCUT2D eigenvalue weighted by Crippen LogP contribution is -2.39. The highest BCUT2D eigenvalue weighted by Crippen LogP contribution is 2.44. The van der Waals surface area contributed by atoms with E-state index in [2.05, 4.69) is 134 Å². The molecule has 0 radical (unpaired) electrons. The highest BCUT2D eigenvalue weighted by molar-refractivity contribution is 5.98. The predicted octanol–water partition coefficient (Wildman–Crippen LogP) is 10.4. The molecule has 1 aliphatic heterocycles. The molecule has 0 saturated heterocycles. The SMILES string of the molecule is CC1CC2C=CC=NC2C(C2C=CC(c3cc(-c4ccc5ccccc5c4)nc4cc(-c5ccccc5)ccc34)=CC2)C1. The Morgan fingerprint density at radius 1 is 0.698 bits per heavy atom. The Kier molecular flexibility index (Phi) is 6.63.